The zero-order valence-electron chi connectivity index (χ0n) is 11.5. The van der Waals surface area contributed by atoms with E-state index in [4.69, 9.17) is 0 Å². The van der Waals surface area contributed by atoms with Crippen LogP contribution < -0.4 is 5.32 Å². The van der Waals surface area contributed by atoms with Gasteiger partial charge in [-0.2, -0.15) is 0 Å². The van der Waals surface area contributed by atoms with Crippen molar-refractivity contribution < 1.29 is 4.79 Å². The lowest BCUT2D eigenvalue weighted by Gasteiger charge is -2.40. The molecule has 2 aromatic rings. The second-order valence-electron chi connectivity index (χ2n) is 5.39. The van der Waals surface area contributed by atoms with Crippen LogP contribution in [0.15, 0.2) is 47.8 Å². The lowest BCUT2D eigenvalue weighted by Crippen LogP contribution is -2.49. The fraction of sp³-hybridized carbons (Fsp3) is 0.353. The maximum Gasteiger partial charge on any atom is 0.230 e. The highest BCUT2D eigenvalue weighted by Gasteiger charge is 2.45. The fourth-order valence-electron chi connectivity index (χ4n) is 2.86. The Bertz CT molecular complexity index is 558. The van der Waals surface area contributed by atoms with E-state index in [1.54, 1.807) is 11.3 Å². The molecule has 1 saturated carbocycles. The maximum absolute atomic E-state index is 12.6. The minimum atomic E-state index is -0.267. The summed E-state index contributed by atoms with van der Waals surface area (Å²) in [5.74, 6) is 0.200. The van der Waals surface area contributed by atoms with Crippen molar-refractivity contribution in [3.63, 3.8) is 0 Å². The van der Waals surface area contributed by atoms with E-state index in [1.807, 2.05) is 18.2 Å². The number of thiophene rings is 1. The molecule has 0 unspecified atom stereocenters. The van der Waals surface area contributed by atoms with Crippen molar-refractivity contribution >= 4 is 17.2 Å². The van der Waals surface area contributed by atoms with E-state index in [0.29, 0.717) is 0 Å². The quantitative estimate of drug-likeness (QED) is 0.894. The summed E-state index contributed by atoms with van der Waals surface area (Å²) in [6.45, 7) is 0.730. The first-order valence-corrected chi connectivity index (χ1v) is 8.05. The molecule has 20 heavy (non-hydrogen) atoms. The molecule has 1 amide bonds. The molecule has 104 valence electrons. The molecule has 0 spiro atoms. The standard InChI is InChI=1S/C17H19NOS/c19-16(18-12-9-15-8-4-13-20-15)17(10-5-11-17)14-6-2-1-3-7-14/h1-4,6-8,13H,5,9-12H2,(H,18,19). The molecular formula is C17H19NOS. The van der Waals surface area contributed by atoms with Crippen molar-refractivity contribution in [2.24, 2.45) is 0 Å². The van der Waals surface area contributed by atoms with E-state index in [-0.39, 0.29) is 11.3 Å². The van der Waals surface area contributed by atoms with E-state index in [1.165, 1.54) is 10.4 Å². The predicted molar refractivity (Wildman–Crippen MR) is 83.0 cm³/mol. The average molecular weight is 285 g/mol. The summed E-state index contributed by atoms with van der Waals surface area (Å²) >= 11 is 1.75. The Labute approximate surface area is 123 Å². The van der Waals surface area contributed by atoms with Crippen LogP contribution in [-0.4, -0.2) is 12.5 Å². The molecule has 0 saturated heterocycles. The topological polar surface area (TPSA) is 29.1 Å². The third-order valence-electron chi connectivity index (χ3n) is 4.21. The first-order valence-electron chi connectivity index (χ1n) is 7.17. The van der Waals surface area contributed by atoms with Crippen LogP contribution in [0.4, 0.5) is 0 Å². The molecule has 1 N–H and O–H groups in total. The van der Waals surface area contributed by atoms with Crippen molar-refractivity contribution in [2.75, 3.05) is 6.54 Å². The van der Waals surface area contributed by atoms with E-state index >= 15 is 0 Å². The van der Waals surface area contributed by atoms with Gasteiger partial charge in [0.2, 0.25) is 5.91 Å². The largest absolute Gasteiger partial charge is 0.355 e. The lowest BCUT2D eigenvalue weighted by atomic mass is 9.64. The third-order valence-corrected chi connectivity index (χ3v) is 5.14. The zero-order chi connectivity index (χ0) is 13.8. The SMILES string of the molecule is O=C(NCCc1cccs1)C1(c2ccccc2)CCC1. The van der Waals surface area contributed by atoms with Gasteiger partial charge in [0.15, 0.2) is 0 Å². The van der Waals surface area contributed by atoms with Gasteiger partial charge in [-0.25, -0.2) is 0 Å². The number of hydrogen-bond acceptors (Lipinski definition) is 2. The van der Waals surface area contributed by atoms with Crippen molar-refractivity contribution in [3.8, 4) is 0 Å². The number of nitrogens with one attached hydrogen (secondary N) is 1. The Morgan fingerprint density at radius 2 is 1.95 bits per heavy atom. The Morgan fingerprint density at radius 3 is 2.55 bits per heavy atom. The molecule has 0 aliphatic heterocycles. The van der Waals surface area contributed by atoms with Gasteiger partial charge in [-0.15, -0.1) is 11.3 Å². The Hall–Kier alpha value is -1.61. The van der Waals surface area contributed by atoms with Crippen LogP contribution in [0.25, 0.3) is 0 Å². The van der Waals surface area contributed by atoms with Crippen LogP contribution in [0, 0.1) is 0 Å². The van der Waals surface area contributed by atoms with E-state index in [0.717, 1.165) is 32.2 Å². The van der Waals surface area contributed by atoms with Gasteiger partial charge in [0, 0.05) is 11.4 Å². The highest BCUT2D eigenvalue weighted by molar-refractivity contribution is 7.09. The monoisotopic (exact) mass is 285 g/mol. The third kappa shape index (κ3) is 2.50. The van der Waals surface area contributed by atoms with Gasteiger partial charge in [-0.1, -0.05) is 42.8 Å². The summed E-state index contributed by atoms with van der Waals surface area (Å²) in [7, 11) is 0. The van der Waals surface area contributed by atoms with Crippen molar-refractivity contribution in [2.45, 2.75) is 31.1 Å². The molecular weight excluding hydrogens is 266 g/mol. The van der Waals surface area contributed by atoms with Gasteiger partial charge in [-0.05, 0) is 36.3 Å². The molecule has 0 bridgehead atoms. The molecule has 1 aromatic carbocycles. The number of carbonyl (C=O) groups excluding carboxylic acids is 1. The second-order valence-corrected chi connectivity index (χ2v) is 6.42. The van der Waals surface area contributed by atoms with Gasteiger partial charge in [0.1, 0.15) is 0 Å². The predicted octanol–water partition coefficient (Wildman–Crippen LogP) is 3.53. The minimum absolute atomic E-state index is 0.200. The van der Waals surface area contributed by atoms with Crippen LogP contribution in [0.1, 0.15) is 29.7 Å². The van der Waals surface area contributed by atoms with Crippen LogP contribution in [0.2, 0.25) is 0 Å². The van der Waals surface area contributed by atoms with E-state index in [2.05, 4.69) is 35.0 Å². The van der Waals surface area contributed by atoms with Gasteiger partial charge < -0.3 is 5.32 Å². The number of amides is 1. The number of hydrogen-bond donors (Lipinski definition) is 1. The summed E-state index contributed by atoms with van der Waals surface area (Å²) in [5.41, 5.74) is 0.899. The molecule has 1 aromatic heterocycles. The average Bonchev–Trinajstić information content (AvgIpc) is 2.92. The first kappa shape index (κ1) is 13.4. The van der Waals surface area contributed by atoms with Gasteiger partial charge >= 0.3 is 0 Å². The van der Waals surface area contributed by atoms with Gasteiger partial charge in [0.25, 0.3) is 0 Å². The van der Waals surface area contributed by atoms with Crippen LogP contribution in [0.3, 0.4) is 0 Å². The van der Waals surface area contributed by atoms with Crippen molar-refractivity contribution in [3.05, 3.63) is 58.3 Å². The number of benzene rings is 1. The number of carbonyl (C=O) groups is 1. The molecule has 1 aliphatic carbocycles. The molecule has 3 heteroatoms. The molecule has 1 fully saturated rings. The van der Waals surface area contributed by atoms with E-state index < -0.39 is 0 Å². The Morgan fingerprint density at radius 1 is 1.15 bits per heavy atom. The summed E-state index contributed by atoms with van der Waals surface area (Å²) in [6, 6.07) is 14.4. The molecule has 0 atom stereocenters. The van der Waals surface area contributed by atoms with Gasteiger partial charge in [0.05, 0.1) is 5.41 Å². The molecule has 1 heterocycles. The smallest absolute Gasteiger partial charge is 0.230 e. The Kier molecular flexibility index (Phi) is 3.88. The molecule has 2 nitrogen and oxygen atoms in total. The summed E-state index contributed by atoms with van der Waals surface area (Å²) < 4.78 is 0. The fourth-order valence-corrected chi connectivity index (χ4v) is 3.57. The molecule has 0 radical (unpaired) electrons. The molecule has 1 aliphatic rings. The summed E-state index contributed by atoms with van der Waals surface area (Å²) in [4.78, 5) is 13.9. The van der Waals surface area contributed by atoms with Crippen molar-refractivity contribution in [1.82, 2.24) is 5.32 Å². The zero-order valence-corrected chi connectivity index (χ0v) is 12.3. The summed E-state index contributed by atoms with van der Waals surface area (Å²) in [6.07, 6.45) is 4.02. The first-order chi connectivity index (χ1) is 9.81. The highest BCUT2D eigenvalue weighted by Crippen LogP contribution is 2.43. The van der Waals surface area contributed by atoms with Gasteiger partial charge in [-0.3, -0.25) is 4.79 Å². The highest BCUT2D eigenvalue weighted by atomic mass is 32.1. The van der Waals surface area contributed by atoms with E-state index in [9.17, 15) is 4.79 Å². The van der Waals surface area contributed by atoms with Crippen LogP contribution in [0.5, 0.6) is 0 Å². The minimum Gasteiger partial charge on any atom is -0.355 e. The Balaban J connectivity index is 1.63. The number of rotatable bonds is 5. The lowest BCUT2D eigenvalue weighted by molar-refractivity contribution is -0.129. The van der Waals surface area contributed by atoms with Crippen LogP contribution in [-0.2, 0) is 16.6 Å². The van der Waals surface area contributed by atoms with Crippen molar-refractivity contribution in [1.29, 1.82) is 0 Å². The normalized spacial score (nSPS) is 16.4. The second kappa shape index (κ2) is 5.80. The summed E-state index contributed by atoms with van der Waals surface area (Å²) in [5, 5.41) is 5.21. The molecule has 3 rings (SSSR count). The maximum atomic E-state index is 12.6. The van der Waals surface area contributed by atoms with Crippen LogP contribution >= 0.6 is 11.3 Å².